The molecule has 0 unspecified atom stereocenters. The molecule has 1 N–H and O–H groups in total. The molecule has 0 aliphatic carbocycles. The summed E-state index contributed by atoms with van der Waals surface area (Å²) in [5.41, 5.74) is 2.43. The molecule has 1 aromatic heterocycles. The molecule has 1 saturated heterocycles. The maximum absolute atomic E-state index is 4.08. The second-order valence-electron chi connectivity index (χ2n) is 5.24. The number of anilines is 2. The first-order valence-corrected chi connectivity index (χ1v) is 8.67. The molecule has 0 amide bonds. The zero-order valence-corrected chi connectivity index (χ0v) is 14.8. The molecule has 1 aliphatic rings. The van der Waals surface area contributed by atoms with Gasteiger partial charge in [-0.05, 0) is 59.1 Å². The van der Waals surface area contributed by atoms with Crippen molar-refractivity contribution < 1.29 is 0 Å². The van der Waals surface area contributed by atoms with Gasteiger partial charge >= 0.3 is 0 Å². The first-order chi connectivity index (χ1) is 10.2. The van der Waals surface area contributed by atoms with Crippen LogP contribution in [0, 0.1) is 0 Å². The Hall–Kier alpha value is -1.07. The molecule has 2 aromatic rings. The molecule has 5 heteroatoms. The summed E-state index contributed by atoms with van der Waals surface area (Å²) in [5.74, 6) is 0. The number of rotatable bonds is 3. The zero-order valence-electron chi connectivity index (χ0n) is 11.6. The molecule has 1 fully saturated rings. The van der Waals surface area contributed by atoms with E-state index in [1.807, 2.05) is 18.5 Å². The number of hydrogen-bond donors (Lipinski definition) is 1. The Morgan fingerprint density at radius 2 is 1.76 bits per heavy atom. The number of nitrogens with zero attached hydrogens (tertiary/aromatic N) is 2. The van der Waals surface area contributed by atoms with Gasteiger partial charge in [-0.3, -0.25) is 4.98 Å². The molecule has 0 radical (unpaired) electrons. The summed E-state index contributed by atoms with van der Waals surface area (Å²) in [6.07, 6.45) is 6.00. The summed E-state index contributed by atoms with van der Waals surface area (Å²) in [6, 6.07) is 10.9. The fourth-order valence-corrected chi connectivity index (χ4v) is 3.39. The molecular formula is C16H17Br2N3. The van der Waals surface area contributed by atoms with E-state index in [4.69, 9.17) is 0 Å². The van der Waals surface area contributed by atoms with Gasteiger partial charge in [-0.25, -0.2) is 0 Å². The summed E-state index contributed by atoms with van der Waals surface area (Å²) in [4.78, 5) is 6.51. The summed E-state index contributed by atoms with van der Waals surface area (Å²) in [7, 11) is 0. The third-order valence-electron chi connectivity index (χ3n) is 3.81. The smallest absolute Gasteiger partial charge is 0.0498 e. The molecule has 0 spiro atoms. The van der Waals surface area contributed by atoms with Gasteiger partial charge in [0.2, 0.25) is 0 Å². The molecule has 0 atom stereocenters. The van der Waals surface area contributed by atoms with Crippen molar-refractivity contribution in [2.45, 2.75) is 18.9 Å². The normalized spacial score (nSPS) is 16.0. The highest BCUT2D eigenvalue weighted by Gasteiger charge is 2.19. The van der Waals surface area contributed by atoms with Crippen LogP contribution in [-0.4, -0.2) is 24.1 Å². The van der Waals surface area contributed by atoms with Crippen LogP contribution in [0.25, 0.3) is 0 Å². The van der Waals surface area contributed by atoms with Gasteiger partial charge in [0.15, 0.2) is 0 Å². The van der Waals surface area contributed by atoms with Crippen LogP contribution in [-0.2, 0) is 0 Å². The van der Waals surface area contributed by atoms with Gasteiger partial charge in [0, 0.05) is 51.8 Å². The number of halogens is 2. The lowest BCUT2D eigenvalue weighted by Gasteiger charge is -2.34. The monoisotopic (exact) mass is 409 g/mol. The average Bonchev–Trinajstić information content (AvgIpc) is 2.53. The highest BCUT2D eigenvalue weighted by molar-refractivity contribution is 9.11. The largest absolute Gasteiger partial charge is 0.381 e. The molecule has 21 heavy (non-hydrogen) atoms. The summed E-state index contributed by atoms with van der Waals surface area (Å²) in [5, 5.41) is 3.65. The molecule has 1 aliphatic heterocycles. The van der Waals surface area contributed by atoms with E-state index >= 15 is 0 Å². The third kappa shape index (κ3) is 3.77. The number of nitrogens with one attached hydrogen (secondary N) is 1. The van der Waals surface area contributed by atoms with Crippen LogP contribution in [0.4, 0.5) is 11.4 Å². The molecule has 3 nitrogen and oxygen atoms in total. The van der Waals surface area contributed by atoms with Gasteiger partial charge in [-0.1, -0.05) is 15.9 Å². The van der Waals surface area contributed by atoms with E-state index in [1.165, 1.54) is 5.69 Å². The van der Waals surface area contributed by atoms with Gasteiger partial charge in [-0.2, -0.15) is 0 Å². The second-order valence-corrected chi connectivity index (χ2v) is 7.01. The topological polar surface area (TPSA) is 28.2 Å². The van der Waals surface area contributed by atoms with Crippen molar-refractivity contribution in [2.24, 2.45) is 0 Å². The molecular weight excluding hydrogens is 394 g/mol. The minimum absolute atomic E-state index is 0.522. The van der Waals surface area contributed by atoms with Crippen molar-refractivity contribution in [3.8, 4) is 0 Å². The lowest BCUT2D eigenvalue weighted by atomic mass is 10.0. The minimum Gasteiger partial charge on any atom is -0.381 e. The Kier molecular flexibility index (Phi) is 4.80. The van der Waals surface area contributed by atoms with Gasteiger partial charge in [0.05, 0.1) is 0 Å². The number of pyridine rings is 1. The molecule has 2 heterocycles. The van der Waals surface area contributed by atoms with Crippen molar-refractivity contribution in [1.29, 1.82) is 0 Å². The number of aromatic nitrogens is 1. The highest BCUT2D eigenvalue weighted by Crippen LogP contribution is 2.29. The van der Waals surface area contributed by atoms with Crippen LogP contribution in [0.1, 0.15) is 12.8 Å². The molecule has 0 saturated carbocycles. The first kappa shape index (κ1) is 14.9. The van der Waals surface area contributed by atoms with Gasteiger partial charge in [0.1, 0.15) is 0 Å². The predicted octanol–water partition coefficient (Wildman–Crippen LogP) is 4.69. The summed E-state index contributed by atoms with van der Waals surface area (Å²) < 4.78 is 2.21. The van der Waals surface area contributed by atoms with Crippen LogP contribution in [0.2, 0.25) is 0 Å². The van der Waals surface area contributed by atoms with E-state index in [-0.39, 0.29) is 0 Å². The number of hydrogen-bond acceptors (Lipinski definition) is 3. The van der Waals surface area contributed by atoms with Crippen LogP contribution >= 0.6 is 31.9 Å². The minimum atomic E-state index is 0.522. The SMILES string of the molecule is Brc1ccc(Br)c(NC2CCN(c3ccncc3)CC2)c1. The number of benzene rings is 1. The Balaban J connectivity index is 1.60. The summed E-state index contributed by atoms with van der Waals surface area (Å²) in [6.45, 7) is 2.15. The fourth-order valence-electron chi connectivity index (χ4n) is 2.66. The van der Waals surface area contributed by atoms with Gasteiger partial charge in [0.25, 0.3) is 0 Å². The summed E-state index contributed by atoms with van der Waals surface area (Å²) >= 11 is 7.13. The van der Waals surface area contributed by atoms with Crippen molar-refractivity contribution in [2.75, 3.05) is 23.3 Å². The quantitative estimate of drug-likeness (QED) is 0.795. The van der Waals surface area contributed by atoms with Gasteiger partial charge < -0.3 is 10.2 Å². The Labute approximate surface area is 142 Å². The van der Waals surface area contributed by atoms with E-state index in [0.717, 1.165) is 40.6 Å². The lowest BCUT2D eigenvalue weighted by Crippen LogP contribution is -2.39. The van der Waals surface area contributed by atoms with Crippen molar-refractivity contribution in [3.05, 3.63) is 51.7 Å². The van der Waals surface area contributed by atoms with Crippen molar-refractivity contribution in [3.63, 3.8) is 0 Å². The Bertz CT molecular complexity index is 596. The third-order valence-corrected chi connectivity index (χ3v) is 5.00. The maximum Gasteiger partial charge on any atom is 0.0498 e. The molecule has 1 aromatic carbocycles. The van der Waals surface area contributed by atoms with Crippen LogP contribution in [0.15, 0.2) is 51.7 Å². The first-order valence-electron chi connectivity index (χ1n) is 7.09. The fraction of sp³-hybridized carbons (Fsp3) is 0.312. The highest BCUT2D eigenvalue weighted by atomic mass is 79.9. The van der Waals surface area contributed by atoms with Crippen LogP contribution < -0.4 is 10.2 Å². The van der Waals surface area contributed by atoms with Crippen LogP contribution in [0.3, 0.4) is 0 Å². The van der Waals surface area contributed by atoms with Crippen molar-refractivity contribution in [1.82, 2.24) is 4.98 Å². The Morgan fingerprint density at radius 1 is 1.05 bits per heavy atom. The van der Waals surface area contributed by atoms with Crippen LogP contribution in [0.5, 0.6) is 0 Å². The number of piperidine rings is 1. The van der Waals surface area contributed by atoms with Crippen molar-refractivity contribution >= 4 is 43.2 Å². The second kappa shape index (κ2) is 6.79. The van der Waals surface area contributed by atoms with E-state index in [9.17, 15) is 0 Å². The van der Waals surface area contributed by atoms with E-state index < -0.39 is 0 Å². The molecule has 0 bridgehead atoms. The predicted molar refractivity (Wildman–Crippen MR) is 94.9 cm³/mol. The lowest BCUT2D eigenvalue weighted by molar-refractivity contribution is 0.526. The zero-order chi connectivity index (χ0) is 14.7. The average molecular weight is 411 g/mol. The van der Waals surface area contributed by atoms with Gasteiger partial charge in [-0.15, -0.1) is 0 Å². The standard InChI is InChI=1S/C16H17Br2N3/c17-12-1-2-15(18)16(11-12)20-13-5-9-21(10-6-13)14-3-7-19-8-4-14/h1-4,7-8,11,13,20H,5-6,9-10H2. The maximum atomic E-state index is 4.08. The van der Waals surface area contributed by atoms with E-state index in [1.54, 1.807) is 0 Å². The molecule has 110 valence electrons. The van der Waals surface area contributed by atoms with E-state index in [0.29, 0.717) is 6.04 Å². The Morgan fingerprint density at radius 3 is 2.48 bits per heavy atom. The molecule has 3 rings (SSSR count). The van der Waals surface area contributed by atoms with E-state index in [2.05, 4.69) is 71.3 Å².